The SMILES string of the molecule is CC(C)C(=O)N1C[C@H](CN2CCC3(CC2)CCN(Cc2ccc(Br)cc2)C3=O)[C@@H](c2ccccc2)C1.Cl. The first-order valence-electron chi connectivity index (χ1n) is 13.4. The second-order valence-electron chi connectivity index (χ2n) is 11.4. The van der Waals surface area contributed by atoms with Crippen molar-refractivity contribution in [2.24, 2.45) is 17.3 Å². The lowest BCUT2D eigenvalue weighted by Crippen LogP contribution is -2.46. The van der Waals surface area contributed by atoms with Crippen molar-refractivity contribution < 1.29 is 9.59 Å². The van der Waals surface area contributed by atoms with E-state index in [1.54, 1.807) is 0 Å². The average molecular weight is 589 g/mol. The van der Waals surface area contributed by atoms with Crippen LogP contribution in [0.15, 0.2) is 59.1 Å². The monoisotopic (exact) mass is 587 g/mol. The summed E-state index contributed by atoms with van der Waals surface area (Å²) in [5.74, 6) is 1.45. The Morgan fingerprint density at radius 3 is 2.27 bits per heavy atom. The van der Waals surface area contributed by atoms with Crippen LogP contribution in [0.1, 0.15) is 50.2 Å². The van der Waals surface area contributed by atoms with Crippen molar-refractivity contribution >= 4 is 40.2 Å². The summed E-state index contributed by atoms with van der Waals surface area (Å²) in [5, 5.41) is 0. The predicted octanol–water partition coefficient (Wildman–Crippen LogP) is 5.58. The minimum Gasteiger partial charge on any atom is -0.342 e. The molecule has 5 rings (SSSR count). The van der Waals surface area contributed by atoms with Crippen LogP contribution in [-0.2, 0) is 16.1 Å². The second kappa shape index (κ2) is 11.9. The topological polar surface area (TPSA) is 43.9 Å². The largest absolute Gasteiger partial charge is 0.342 e. The summed E-state index contributed by atoms with van der Waals surface area (Å²) >= 11 is 3.49. The molecule has 3 saturated heterocycles. The number of halogens is 2. The van der Waals surface area contributed by atoms with Gasteiger partial charge in [-0.3, -0.25) is 9.59 Å². The van der Waals surface area contributed by atoms with Gasteiger partial charge in [-0.05, 0) is 61.5 Å². The summed E-state index contributed by atoms with van der Waals surface area (Å²) in [4.78, 5) is 33.0. The van der Waals surface area contributed by atoms with Gasteiger partial charge >= 0.3 is 0 Å². The van der Waals surface area contributed by atoms with Crippen molar-refractivity contribution in [1.29, 1.82) is 0 Å². The normalized spacial score (nSPS) is 23.6. The van der Waals surface area contributed by atoms with Crippen LogP contribution in [-0.4, -0.2) is 65.8 Å². The Morgan fingerprint density at radius 2 is 1.62 bits per heavy atom. The molecule has 7 heteroatoms. The summed E-state index contributed by atoms with van der Waals surface area (Å²) in [7, 11) is 0. The average Bonchev–Trinajstić information content (AvgIpc) is 3.44. The lowest BCUT2D eigenvalue weighted by molar-refractivity contribution is -0.139. The molecule has 0 radical (unpaired) electrons. The Bertz CT molecular complexity index is 1070. The molecule has 3 fully saturated rings. The standard InChI is InChI=1S/C30H38BrN3O2.ClH/c1-22(2)28(35)34-20-25(27(21-34)24-6-4-3-5-7-24)19-32-15-12-30(13-16-32)14-17-33(29(30)36)18-23-8-10-26(31)11-9-23;/h3-11,22,25,27H,12-21H2,1-2H3;1H/t25-,27+;/m0./s1. The molecule has 5 nitrogen and oxygen atoms in total. The number of hydrogen-bond donors (Lipinski definition) is 0. The Kier molecular flexibility index (Phi) is 9.03. The molecular formula is C30H39BrClN3O2. The quantitative estimate of drug-likeness (QED) is 0.442. The lowest BCUT2D eigenvalue weighted by atomic mass is 9.76. The fraction of sp³-hybridized carbons (Fsp3) is 0.533. The van der Waals surface area contributed by atoms with E-state index in [0.717, 1.165) is 63.0 Å². The number of likely N-dealkylation sites (tertiary alicyclic amines) is 3. The summed E-state index contributed by atoms with van der Waals surface area (Å²) < 4.78 is 1.07. The Balaban J connectivity index is 0.00000320. The molecule has 0 aliphatic carbocycles. The zero-order valence-corrected chi connectivity index (χ0v) is 24.3. The molecule has 0 bridgehead atoms. The van der Waals surface area contributed by atoms with E-state index in [1.807, 2.05) is 26.0 Å². The fourth-order valence-corrected chi connectivity index (χ4v) is 6.76. The van der Waals surface area contributed by atoms with Gasteiger partial charge < -0.3 is 14.7 Å². The number of hydrogen-bond acceptors (Lipinski definition) is 3. The lowest BCUT2D eigenvalue weighted by Gasteiger charge is -2.39. The van der Waals surface area contributed by atoms with Crippen LogP contribution in [0.25, 0.3) is 0 Å². The van der Waals surface area contributed by atoms with Gasteiger partial charge in [-0.1, -0.05) is 72.2 Å². The van der Waals surface area contributed by atoms with E-state index in [4.69, 9.17) is 0 Å². The molecule has 2 aromatic rings. The molecule has 200 valence electrons. The van der Waals surface area contributed by atoms with Crippen LogP contribution in [0.2, 0.25) is 0 Å². The van der Waals surface area contributed by atoms with E-state index >= 15 is 0 Å². The van der Waals surface area contributed by atoms with E-state index in [-0.39, 0.29) is 29.6 Å². The van der Waals surface area contributed by atoms with E-state index < -0.39 is 0 Å². The van der Waals surface area contributed by atoms with Crippen LogP contribution in [0.3, 0.4) is 0 Å². The number of rotatable bonds is 6. The molecule has 0 aromatic heterocycles. The number of nitrogens with zero attached hydrogens (tertiary/aromatic N) is 3. The van der Waals surface area contributed by atoms with Crippen LogP contribution < -0.4 is 0 Å². The third kappa shape index (κ3) is 6.07. The van der Waals surface area contributed by atoms with E-state index in [0.29, 0.717) is 24.3 Å². The minimum atomic E-state index is -0.181. The molecule has 0 N–H and O–H groups in total. The third-order valence-electron chi connectivity index (χ3n) is 8.67. The van der Waals surface area contributed by atoms with Gasteiger partial charge in [-0.15, -0.1) is 12.4 Å². The Hall–Kier alpha value is -1.89. The van der Waals surface area contributed by atoms with Gasteiger partial charge in [0.25, 0.3) is 0 Å². The Morgan fingerprint density at radius 1 is 0.973 bits per heavy atom. The van der Waals surface area contributed by atoms with Gasteiger partial charge in [0, 0.05) is 49.0 Å². The van der Waals surface area contributed by atoms with Gasteiger partial charge in [0.05, 0.1) is 5.41 Å². The summed E-state index contributed by atoms with van der Waals surface area (Å²) in [6.07, 6.45) is 2.86. The molecule has 37 heavy (non-hydrogen) atoms. The fourth-order valence-electron chi connectivity index (χ4n) is 6.49. The van der Waals surface area contributed by atoms with E-state index in [1.165, 1.54) is 11.1 Å². The molecule has 0 saturated carbocycles. The number of piperidine rings is 1. The first-order chi connectivity index (χ1) is 17.3. The van der Waals surface area contributed by atoms with Crippen molar-refractivity contribution in [3.8, 4) is 0 Å². The number of amides is 2. The van der Waals surface area contributed by atoms with Crippen molar-refractivity contribution in [2.75, 3.05) is 39.3 Å². The molecule has 1 spiro atoms. The molecular weight excluding hydrogens is 550 g/mol. The van der Waals surface area contributed by atoms with Gasteiger partial charge in [-0.25, -0.2) is 0 Å². The zero-order chi connectivity index (χ0) is 25.3. The van der Waals surface area contributed by atoms with Crippen LogP contribution >= 0.6 is 28.3 Å². The van der Waals surface area contributed by atoms with Gasteiger partial charge in [0.1, 0.15) is 0 Å². The van der Waals surface area contributed by atoms with Crippen molar-refractivity contribution in [2.45, 2.75) is 45.6 Å². The van der Waals surface area contributed by atoms with Crippen molar-refractivity contribution in [1.82, 2.24) is 14.7 Å². The highest BCUT2D eigenvalue weighted by Gasteiger charge is 2.48. The van der Waals surface area contributed by atoms with Crippen LogP contribution in [0.4, 0.5) is 0 Å². The van der Waals surface area contributed by atoms with Crippen molar-refractivity contribution in [3.63, 3.8) is 0 Å². The molecule has 2 amide bonds. The first kappa shape index (κ1) is 28.1. The van der Waals surface area contributed by atoms with Gasteiger partial charge in [0.2, 0.25) is 11.8 Å². The molecule has 3 heterocycles. The maximum atomic E-state index is 13.5. The molecule has 3 aliphatic rings. The Labute approximate surface area is 236 Å². The van der Waals surface area contributed by atoms with E-state index in [9.17, 15) is 9.59 Å². The minimum absolute atomic E-state index is 0. The van der Waals surface area contributed by atoms with E-state index in [2.05, 4.69) is 73.1 Å². The first-order valence-corrected chi connectivity index (χ1v) is 14.2. The maximum Gasteiger partial charge on any atom is 0.229 e. The van der Waals surface area contributed by atoms with Crippen LogP contribution in [0, 0.1) is 17.3 Å². The highest BCUT2D eigenvalue weighted by molar-refractivity contribution is 9.10. The number of carbonyl (C=O) groups excluding carboxylic acids is 2. The smallest absolute Gasteiger partial charge is 0.229 e. The summed E-state index contributed by atoms with van der Waals surface area (Å²) in [5.41, 5.74) is 2.35. The molecule has 2 atom stereocenters. The third-order valence-corrected chi connectivity index (χ3v) is 9.20. The second-order valence-corrected chi connectivity index (χ2v) is 12.3. The zero-order valence-electron chi connectivity index (χ0n) is 21.9. The van der Waals surface area contributed by atoms with Crippen molar-refractivity contribution in [3.05, 3.63) is 70.2 Å². The number of carbonyl (C=O) groups is 2. The highest BCUT2D eigenvalue weighted by atomic mass is 79.9. The van der Waals surface area contributed by atoms with Gasteiger partial charge in [-0.2, -0.15) is 0 Å². The molecule has 0 unspecified atom stereocenters. The molecule has 3 aliphatic heterocycles. The number of benzene rings is 2. The summed E-state index contributed by atoms with van der Waals surface area (Å²) in [6.45, 7) is 10.1. The van der Waals surface area contributed by atoms with Gasteiger partial charge in [0.15, 0.2) is 0 Å². The predicted molar refractivity (Wildman–Crippen MR) is 154 cm³/mol. The maximum absolute atomic E-state index is 13.5. The molecule has 2 aromatic carbocycles. The summed E-state index contributed by atoms with van der Waals surface area (Å²) in [6, 6.07) is 19.0. The highest BCUT2D eigenvalue weighted by Crippen LogP contribution is 2.43. The van der Waals surface area contributed by atoms with Crippen LogP contribution in [0.5, 0.6) is 0 Å².